The van der Waals surface area contributed by atoms with E-state index in [9.17, 15) is 10.1 Å². The maximum atomic E-state index is 12.4. The van der Waals surface area contributed by atoms with Gasteiger partial charge < -0.3 is 10.1 Å². The normalized spacial score (nSPS) is 10.8. The molecule has 116 valence electrons. The van der Waals surface area contributed by atoms with Crippen molar-refractivity contribution in [2.24, 2.45) is 0 Å². The van der Waals surface area contributed by atoms with Gasteiger partial charge in [0.25, 0.3) is 5.91 Å². The number of rotatable bonds is 4. The standard InChI is InChI=1S/C19H18N2O2/c1-13-8-9-14(2)15(10-13)11-16(12-20)19(22)21-17-6-4-5-7-18(17)23-3/h4-11H,1-3H3,(H,21,22)/b16-11+. The highest BCUT2D eigenvalue weighted by molar-refractivity contribution is 6.10. The summed E-state index contributed by atoms with van der Waals surface area (Å²) >= 11 is 0. The van der Waals surface area contributed by atoms with E-state index < -0.39 is 5.91 Å². The molecule has 0 bridgehead atoms. The average Bonchev–Trinajstić information content (AvgIpc) is 2.56. The van der Waals surface area contributed by atoms with Crippen molar-refractivity contribution < 1.29 is 9.53 Å². The molecule has 0 aromatic heterocycles. The number of para-hydroxylation sites is 2. The Morgan fingerprint density at radius 2 is 1.96 bits per heavy atom. The van der Waals surface area contributed by atoms with E-state index in [4.69, 9.17) is 4.74 Å². The van der Waals surface area contributed by atoms with E-state index in [-0.39, 0.29) is 5.57 Å². The predicted octanol–water partition coefficient (Wildman–Crippen LogP) is 3.86. The molecule has 1 amide bonds. The Balaban J connectivity index is 2.30. The van der Waals surface area contributed by atoms with Crippen LogP contribution < -0.4 is 10.1 Å². The number of ether oxygens (including phenoxy) is 1. The fourth-order valence-corrected chi connectivity index (χ4v) is 2.16. The first-order chi connectivity index (χ1) is 11.0. The molecule has 4 nitrogen and oxygen atoms in total. The molecule has 0 atom stereocenters. The number of hydrogen-bond acceptors (Lipinski definition) is 3. The molecule has 0 radical (unpaired) electrons. The van der Waals surface area contributed by atoms with E-state index in [1.807, 2.05) is 44.2 Å². The summed E-state index contributed by atoms with van der Waals surface area (Å²) in [7, 11) is 1.53. The SMILES string of the molecule is COc1ccccc1NC(=O)/C(C#N)=C/c1cc(C)ccc1C. The Morgan fingerprint density at radius 1 is 1.22 bits per heavy atom. The summed E-state index contributed by atoms with van der Waals surface area (Å²) < 4.78 is 5.20. The molecule has 4 heteroatoms. The van der Waals surface area contributed by atoms with E-state index in [2.05, 4.69) is 5.32 Å². The van der Waals surface area contributed by atoms with E-state index in [1.54, 1.807) is 24.3 Å². The van der Waals surface area contributed by atoms with Gasteiger partial charge in [-0.25, -0.2) is 0 Å². The molecule has 0 saturated carbocycles. The summed E-state index contributed by atoms with van der Waals surface area (Å²) in [5.74, 6) is 0.0859. The van der Waals surface area contributed by atoms with Crippen molar-refractivity contribution in [1.82, 2.24) is 0 Å². The van der Waals surface area contributed by atoms with Crippen molar-refractivity contribution >= 4 is 17.7 Å². The first-order valence-corrected chi connectivity index (χ1v) is 7.18. The zero-order valence-corrected chi connectivity index (χ0v) is 13.4. The third-order valence-electron chi connectivity index (χ3n) is 3.45. The zero-order chi connectivity index (χ0) is 16.8. The summed E-state index contributed by atoms with van der Waals surface area (Å²) in [4.78, 5) is 12.4. The highest BCUT2D eigenvalue weighted by Gasteiger charge is 2.12. The lowest BCUT2D eigenvalue weighted by molar-refractivity contribution is -0.112. The number of benzene rings is 2. The van der Waals surface area contributed by atoms with Crippen molar-refractivity contribution in [2.45, 2.75) is 13.8 Å². The topological polar surface area (TPSA) is 62.1 Å². The molecule has 0 fully saturated rings. The van der Waals surface area contributed by atoms with Crippen LogP contribution in [-0.2, 0) is 4.79 Å². The monoisotopic (exact) mass is 306 g/mol. The van der Waals surface area contributed by atoms with Crippen molar-refractivity contribution in [2.75, 3.05) is 12.4 Å². The fraction of sp³-hybridized carbons (Fsp3) is 0.158. The van der Waals surface area contributed by atoms with Gasteiger partial charge in [0.2, 0.25) is 0 Å². The van der Waals surface area contributed by atoms with Gasteiger partial charge in [0, 0.05) is 0 Å². The van der Waals surface area contributed by atoms with Gasteiger partial charge in [0.05, 0.1) is 12.8 Å². The smallest absolute Gasteiger partial charge is 0.266 e. The predicted molar refractivity (Wildman–Crippen MR) is 91.1 cm³/mol. The third-order valence-corrected chi connectivity index (χ3v) is 3.45. The minimum absolute atomic E-state index is 0.0459. The number of amides is 1. The maximum Gasteiger partial charge on any atom is 0.266 e. The van der Waals surface area contributed by atoms with E-state index in [1.165, 1.54) is 7.11 Å². The van der Waals surface area contributed by atoms with Crippen molar-refractivity contribution in [1.29, 1.82) is 5.26 Å². The summed E-state index contributed by atoms with van der Waals surface area (Å²) in [6, 6.07) is 14.9. The first-order valence-electron chi connectivity index (χ1n) is 7.18. The Kier molecular flexibility index (Phi) is 5.16. The number of nitrogens with one attached hydrogen (secondary N) is 1. The van der Waals surface area contributed by atoms with Gasteiger partial charge in [-0.2, -0.15) is 5.26 Å². The Labute approximate surface area is 136 Å². The number of anilines is 1. The quantitative estimate of drug-likeness (QED) is 0.689. The summed E-state index contributed by atoms with van der Waals surface area (Å²) in [6.07, 6.45) is 1.60. The molecule has 2 aromatic rings. The molecule has 23 heavy (non-hydrogen) atoms. The van der Waals surface area contributed by atoms with Gasteiger partial charge in [-0.05, 0) is 43.2 Å². The molecule has 0 aliphatic rings. The van der Waals surface area contributed by atoms with Crippen LogP contribution in [0.5, 0.6) is 5.75 Å². The van der Waals surface area contributed by atoms with E-state index >= 15 is 0 Å². The van der Waals surface area contributed by atoms with Gasteiger partial charge in [0.1, 0.15) is 17.4 Å². The molecular formula is C19H18N2O2. The Morgan fingerprint density at radius 3 is 2.65 bits per heavy atom. The van der Waals surface area contributed by atoms with Crippen LogP contribution in [0.3, 0.4) is 0 Å². The number of nitrogens with zero attached hydrogens (tertiary/aromatic N) is 1. The summed E-state index contributed by atoms with van der Waals surface area (Å²) in [5.41, 5.74) is 3.51. The fourth-order valence-electron chi connectivity index (χ4n) is 2.16. The van der Waals surface area contributed by atoms with E-state index in [0.29, 0.717) is 11.4 Å². The van der Waals surface area contributed by atoms with Crippen LogP contribution in [0.4, 0.5) is 5.69 Å². The highest BCUT2D eigenvalue weighted by atomic mass is 16.5. The minimum atomic E-state index is -0.460. The Hall–Kier alpha value is -3.06. The number of methoxy groups -OCH3 is 1. The second kappa shape index (κ2) is 7.28. The van der Waals surface area contributed by atoms with Gasteiger partial charge in [-0.1, -0.05) is 35.9 Å². The van der Waals surface area contributed by atoms with Crippen molar-refractivity contribution in [3.8, 4) is 11.8 Å². The van der Waals surface area contributed by atoms with Gasteiger partial charge in [-0.3, -0.25) is 4.79 Å². The largest absolute Gasteiger partial charge is 0.495 e. The van der Waals surface area contributed by atoms with Crippen LogP contribution in [0, 0.1) is 25.2 Å². The number of aryl methyl sites for hydroxylation is 2. The zero-order valence-electron chi connectivity index (χ0n) is 13.4. The number of carbonyl (C=O) groups is 1. The summed E-state index contributed by atoms with van der Waals surface area (Å²) in [6.45, 7) is 3.91. The first kappa shape index (κ1) is 16.3. The maximum absolute atomic E-state index is 12.4. The van der Waals surface area contributed by atoms with Gasteiger partial charge >= 0.3 is 0 Å². The molecule has 2 rings (SSSR count). The highest BCUT2D eigenvalue weighted by Crippen LogP contribution is 2.24. The van der Waals surface area contributed by atoms with Crippen LogP contribution in [0.2, 0.25) is 0 Å². The van der Waals surface area contributed by atoms with E-state index in [0.717, 1.165) is 16.7 Å². The van der Waals surface area contributed by atoms with Crippen molar-refractivity contribution in [3.63, 3.8) is 0 Å². The van der Waals surface area contributed by atoms with Gasteiger partial charge in [-0.15, -0.1) is 0 Å². The molecule has 1 N–H and O–H groups in total. The summed E-state index contributed by atoms with van der Waals surface area (Å²) in [5, 5.41) is 12.0. The average molecular weight is 306 g/mol. The van der Waals surface area contributed by atoms with Crippen LogP contribution >= 0.6 is 0 Å². The molecule has 0 unspecified atom stereocenters. The molecule has 0 aliphatic heterocycles. The molecule has 0 aliphatic carbocycles. The molecular weight excluding hydrogens is 288 g/mol. The second-order valence-electron chi connectivity index (χ2n) is 5.18. The molecule has 2 aromatic carbocycles. The number of hydrogen-bond donors (Lipinski definition) is 1. The number of carbonyl (C=O) groups excluding carboxylic acids is 1. The van der Waals surface area contributed by atoms with Crippen LogP contribution in [0.25, 0.3) is 6.08 Å². The van der Waals surface area contributed by atoms with Gasteiger partial charge in [0.15, 0.2) is 0 Å². The van der Waals surface area contributed by atoms with Crippen molar-refractivity contribution in [3.05, 3.63) is 64.7 Å². The molecule has 0 saturated heterocycles. The molecule has 0 spiro atoms. The van der Waals surface area contributed by atoms with Crippen LogP contribution in [0.1, 0.15) is 16.7 Å². The third kappa shape index (κ3) is 3.98. The molecule has 0 heterocycles. The van der Waals surface area contributed by atoms with Crippen LogP contribution in [0.15, 0.2) is 48.0 Å². The van der Waals surface area contributed by atoms with Crippen LogP contribution in [-0.4, -0.2) is 13.0 Å². The minimum Gasteiger partial charge on any atom is -0.495 e. The Bertz CT molecular complexity index is 801. The lowest BCUT2D eigenvalue weighted by Crippen LogP contribution is -2.14. The lowest BCUT2D eigenvalue weighted by atomic mass is 10.0. The second-order valence-corrected chi connectivity index (χ2v) is 5.18. The lowest BCUT2D eigenvalue weighted by Gasteiger charge is -2.09. The number of nitriles is 1.